The van der Waals surface area contributed by atoms with Crippen LogP contribution in [0.1, 0.15) is 217 Å². The summed E-state index contributed by atoms with van der Waals surface area (Å²) in [6.45, 7) is 30.9. The highest BCUT2D eigenvalue weighted by Gasteiger charge is 2.33. The number of benzene rings is 2. The molecule has 0 radical (unpaired) electrons. The van der Waals surface area contributed by atoms with Crippen molar-refractivity contribution in [3.8, 4) is 11.5 Å². The Labute approximate surface area is 313 Å². The lowest BCUT2D eigenvalue weighted by molar-refractivity contribution is 0.0728. The van der Waals surface area contributed by atoms with Crippen LogP contribution in [0.15, 0.2) is 24.3 Å². The number of carbonyl (C=O) groups excluding carboxylic acids is 2. The summed E-state index contributed by atoms with van der Waals surface area (Å²) in [4.78, 5) is 30.8. The summed E-state index contributed by atoms with van der Waals surface area (Å²) < 4.78 is 6.46. The molecule has 1 N–H and O–H groups in total. The minimum Gasteiger partial charge on any atom is -0.507 e. The second-order valence-electron chi connectivity index (χ2n) is 19.0. The van der Waals surface area contributed by atoms with Crippen molar-refractivity contribution in [2.45, 2.75) is 196 Å². The fourth-order valence-electron chi connectivity index (χ4n) is 6.69. The van der Waals surface area contributed by atoms with Crippen LogP contribution in [0.2, 0.25) is 0 Å². The van der Waals surface area contributed by atoms with Crippen molar-refractivity contribution in [3.63, 3.8) is 0 Å². The largest absolute Gasteiger partial charge is 0.507 e. The molecule has 0 bridgehead atoms. The molecule has 0 aliphatic heterocycles. The lowest BCUT2D eigenvalue weighted by Gasteiger charge is -2.31. The zero-order chi connectivity index (χ0) is 38.8. The summed E-state index contributed by atoms with van der Waals surface area (Å²) in [6.07, 6.45) is 14.2. The molecule has 5 nitrogen and oxygen atoms in total. The number of nitrogens with zero attached hydrogens (tertiary/aromatic N) is 1. The molecule has 0 spiro atoms. The lowest BCUT2D eigenvalue weighted by atomic mass is 9.78. The van der Waals surface area contributed by atoms with E-state index in [4.69, 9.17) is 4.74 Å². The minimum absolute atomic E-state index is 0.0640. The number of rotatable bonds is 17. The molecule has 0 aromatic heterocycles. The van der Waals surface area contributed by atoms with Crippen LogP contribution in [-0.4, -0.2) is 35.0 Å². The highest BCUT2D eigenvalue weighted by atomic mass is 16.5. The Hall–Kier alpha value is -2.82. The van der Waals surface area contributed by atoms with E-state index < -0.39 is 16.8 Å². The molecule has 1 amide bonds. The molecule has 5 heteroatoms. The number of aromatic hydroxyl groups is 1. The van der Waals surface area contributed by atoms with E-state index >= 15 is 0 Å². The lowest BCUT2D eigenvalue weighted by Crippen LogP contribution is -2.34. The fourth-order valence-corrected chi connectivity index (χ4v) is 6.69. The molecule has 2 aromatic rings. The van der Waals surface area contributed by atoms with E-state index in [0.29, 0.717) is 28.0 Å². The molecule has 0 atom stereocenters. The van der Waals surface area contributed by atoms with E-state index in [0.717, 1.165) is 49.9 Å². The first-order chi connectivity index (χ1) is 23.5. The van der Waals surface area contributed by atoms with E-state index in [-0.39, 0.29) is 22.5 Å². The quantitative estimate of drug-likeness (QED) is 0.101. The predicted octanol–water partition coefficient (Wildman–Crippen LogP) is 13.0. The van der Waals surface area contributed by atoms with Gasteiger partial charge in [-0.25, -0.2) is 4.79 Å². The first-order valence-corrected chi connectivity index (χ1v) is 20.1. The molecule has 0 aliphatic rings. The number of amides is 1. The van der Waals surface area contributed by atoms with Gasteiger partial charge in [0.15, 0.2) is 0 Å². The monoisotopic (exact) mass is 706 g/mol. The first-order valence-electron chi connectivity index (χ1n) is 20.1. The van der Waals surface area contributed by atoms with Crippen LogP contribution >= 0.6 is 0 Å². The second-order valence-corrected chi connectivity index (χ2v) is 19.0. The van der Waals surface area contributed by atoms with Crippen molar-refractivity contribution < 1.29 is 19.4 Å². The van der Waals surface area contributed by atoms with Crippen LogP contribution in [0.4, 0.5) is 0 Å². The predicted molar refractivity (Wildman–Crippen MR) is 217 cm³/mol. The minimum atomic E-state index is -0.464. The second kappa shape index (κ2) is 18.8. The van der Waals surface area contributed by atoms with Crippen molar-refractivity contribution in [2.24, 2.45) is 0 Å². The molecule has 0 fully saturated rings. The third-order valence-electron chi connectivity index (χ3n) is 9.96. The molecular weight excluding hydrogens is 631 g/mol. The summed E-state index contributed by atoms with van der Waals surface area (Å²) >= 11 is 0. The van der Waals surface area contributed by atoms with Gasteiger partial charge < -0.3 is 14.7 Å². The van der Waals surface area contributed by atoms with E-state index in [1.54, 1.807) is 12.1 Å². The molecule has 2 rings (SSSR count). The number of hydrogen-bond donors (Lipinski definition) is 1. The van der Waals surface area contributed by atoms with Gasteiger partial charge in [-0.1, -0.05) is 161 Å². The van der Waals surface area contributed by atoms with E-state index in [1.165, 1.54) is 51.4 Å². The number of carbonyl (C=O) groups is 2. The van der Waals surface area contributed by atoms with E-state index in [9.17, 15) is 14.7 Å². The van der Waals surface area contributed by atoms with Gasteiger partial charge in [-0.15, -0.1) is 0 Å². The third-order valence-corrected chi connectivity index (χ3v) is 9.96. The van der Waals surface area contributed by atoms with Gasteiger partial charge in [-0.3, -0.25) is 4.79 Å². The fraction of sp³-hybridized carbons (Fsp3) is 0.696. The number of esters is 1. The molecule has 0 saturated heterocycles. The Morgan fingerprint density at radius 3 is 1.22 bits per heavy atom. The zero-order valence-corrected chi connectivity index (χ0v) is 35.3. The van der Waals surface area contributed by atoms with Crippen molar-refractivity contribution >= 4 is 11.9 Å². The van der Waals surface area contributed by atoms with Gasteiger partial charge in [0.2, 0.25) is 0 Å². The number of ether oxygens (including phenoxy) is 1. The Morgan fingerprint density at radius 1 is 0.529 bits per heavy atom. The topological polar surface area (TPSA) is 66.8 Å². The van der Waals surface area contributed by atoms with E-state index in [2.05, 4.69) is 60.3 Å². The molecule has 2 aromatic carbocycles. The van der Waals surface area contributed by atoms with Crippen LogP contribution < -0.4 is 4.74 Å². The maximum Gasteiger partial charge on any atom is 0.343 e. The Kier molecular flexibility index (Phi) is 16.3. The van der Waals surface area contributed by atoms with Gasteiger partial charge in [-0.2, -0.15) is 0 Å². The van der Waals surface area contributed by atoms with Gasteiger partial charge in [0.05, 0.1) is 5.56 Å². The molecule has 288 valence electrons. The maximum atomic E-state index is 14.5. The average molecular weight is 706 g/mol. The molecule has 0 saturated carbocycles. The molecule has 0 heterocycles. The normalized spacial score (nSPS) is 12.7. The molecule has 0 unspecified atom stereocenters. The van der Waals surface area contributed by atoms with Crippen molar-refractivity contribution in [1.82, 2.24) is 4.90 Å². The number of phenols is 1. The summed E-state index contributed by atoms with van der Waals surface area (Å²) in [6, 6.07) is 7.52. The first kappa shape index (κ1) is 44.3. The van der Waals surface area contributed by atoms with Gasteiger partial charge in [0, 0.05) is 40.9 Å². The van der Waals surface area contributed by atoms with Crippen LogP contribution in [0.3, 0.4) is 0 Å². The van der Waals surface area contributed by atoms with Crippen molar-refractivity contribution in [3.05, 3.63) is 57.6 Å². The Morgan fingerprint density at radius 2 is 0.863 bits per heavy atom. The standard InChI is InChI=1S/C46H75NO4/c1-15-17-19-21-23-25-27-47(28-26-24-22-20-18-16-2)41(49)33-29-37(45(9,10)11)40(38(30-33)46(12,13)14)51-42(50)34-31-35(43(3,4)5)39(48)36(32-34)44(6,7)8/h29-32,48H,15-28H2,1-14H3. The maximum absolute atomic E-state index is 14.5. The van der Waals surface area contributed by atoms with Gasteiger partial charge in [-0.05, 0) is 58.8 Å². The molecule has 51 heavy (non-hydrogen) atoms. The summed E-state index contributed by atoms with van der Waals surface area (Å²) in [5.74, 6) is 0.354. The summed E-state index contributed by atoms with van der Waals surface area (Å²) in [5.41, 5.74) is 2.61. The molecular formula is C46H75NO4. The third kappa shape index (κ3) is 13.3. The van der Waals surface area contributed by atoms with Crippen LogP contribution in [0, 0.1) is 0 Å². The highest BCUT2D eigenvalue weighted by molar-refractivity contribution is 5.96. The van der Waals surface area contributed by atoms with Gasteiger partial charge in [0.25, 0.3) is 5.91 Å². The summed E-state index contributed by atoms with van der Waals surface area (Å²) in [7, 11) is 0. The number of hydrogen-bond acceptors (Lipinski definition) is 4. The van der Waals surface area contributed by atoms with Gasteiger partial charge >= 0.3 is 5.97 Å². The summed E-state index contributed by atoms with van der Waals surface area (Å²) in [5, 5.41) is 11.3. The SMILES string of the molecule is CCCCCCCCN(CCCCCCCC)C(=O)c1cc(C(C)(C)C)c(OC(=O)c2cc(C(C)(C)C)c(O)c(C(C)(C)C)c2)c(C(C)(C)C)c1. The smallest absolute Gasteiger partial charge is 0.343 e. The number of unbranched alkanes of at least 4 members (excludes halogenated alkanes) is 10. The van der Waals surface area contributed by atoms with Crippen LogP contribution in [0.25, 0.3) is 0 Å². The Balaban J connectivity index is 2.63. The van der Waals surface area contributed by atoms with Gasteiger partial charge in [0.1, 0.15) is 11.5 Å². The van der Waals surface area contributed by atoms with E-state index in [1.807, 2.05) is 53.7 Å². The number of phenolic OH excluding ortho intramolecular Hbond substituents is 1. The van der Waals surface area contributed by atoms with Crippen LogP contribution in [-0.2, 0) is 21.7 Å². The van der Waals surface area contributed by atoms with Crippen LogP contribution in [0.5, 0.6) is 11.5 Å². The Bertz CT molecular complexity index is 1340. The zero-order valence-electron chi connectivity index (χ0n) is 35.3. The highest BCUT2D eigenvalue weighted by Crippen LogP contribution is 2.43. The van der Waals surface area contributed by atoms with Crippen molar-refractivity contribution in [1.29, 1.82) is 0 Å². The molecule has 0 aliphatic carbocycles. The average Bonchev–Trinajstić information content (AvgIpc) is 3.00. The van der Waals surface area contributed by atoms with Crippen molar-refractivity contribution in [2.75, 3.05) is 13.1 Å².